The number of nitrogens with one attached hydrogen (secondary N) is 1. The molecule has 2 saturated carbocycles. The lowest BCUT2D eigenvalue weighted by molar-refractivity contribution is 0.165. The molecule has 3 aliphatic carbocycles. The predicted molar refractivity (Wildman–Crippen MR) is 96.2 cm³/mol. The Morgan fingerprint density at radius 2 is 1.71 bits per heavy atom. The number of aromatic nitrogens is 2. The SMILES string of the molecule is O[C@H]1Cc2ccccc2C1Nc1nc(C2CC2)c(Br)nc1C1CC1. The Kier molecular flexibility index (Phi) is 3.42. The Balaban J connectivity index is 1.53. The number of hydrogen-bond acceptors (Lipinski definition) is 4. The van der Waals surface area contributed by atoms with E-state index in [1.165, 1.54) is 36.8 Å². The van der Waals surface area contributed by atoms with Crippen LogP contribution in [0.2, 0.25) is 0 Å². The topological polar surface area (TPSA) is 58.0 Å². The third kappa shape index (κ3) is 2.54. The van der Waals surface area contributed by atoms with Crippen LogP contribution in [0.3, 0.4) is 0 Å². The summed E-state index contributed by atoms with van der Waals surface area (Å²) in [5.74, 6) is 1.93. The summed E-state index contributed by atoms with van der Waals surface area (Å²) in [7, 11) is 0. The van der Waals surface area contributed by atoms with E-state index >= 15 is 0 Å². The van der Waals surface area contributed by atoms with Gasteiger partial charge in [0.1, 0.15) is 10.4 Å². The van der Waals surface area contributed by atoms with Gasteiger partial charge in [0.25, 0.3) is 0 Å². The van der Waals surface area contributed by atoms with Crippen LogP contribution in [0.15, 0.2) is 28.9 Å². The third-order valence-corrected chi connectivity index (χ3v) is 5.91. The molecule has 2 atom stereocenters. The van der Waals surface area contributed by atoms with Gasteiger partial charge in [-0.25, -0.2) is 9.97 Å². The van der Waals surface area contributed by atoms with Crippen LogP contribution in [-0.4, -0.2) is 21.2 Å². The minimum absolute atomic E-state index is 0.0961. The Labute approximate surface area is 149 Å². The molecule has 5 heteroatoms. The Morgan fingerprint density at radius 3 is 2.46 bits per heavy atom. The predicted octanol–water partition coefficient (Wildman–Crippen LogP) is 4.06. The highest BCUT2D eigenvalue weighted by molar-refractivity contribution is 9.10. The molecule has 2 N–H and O–H groups in total. The van der Waals surface area contributed by atoms with E-state index in [9.17, 15) is 5.11 Å². The fraction of sp³-hybridized carbons (Fsp3) is 0.474. The lowest BCUT2D eigenvalue weighted by Crippen LogP contribution is -2.23. The molecule has 0 amide bonds. The minimum Gasteiger partial charge on any atom is -0.390 e. The largest absolute Gasteiger partial charge is 0.390 e. The van der Waals surface area contributed by atoms with E-state index in [1.54, 1.807) is 0 Å². The van der Waals surface area contributed by atoms with E-state index in [0.717, 1.165) is 21.8 Å². The van der Waals surface area contributed by atoms with Crippen molar-refractivity contribution < 1.29 is 5.11 Å². The average molecular weight is 386 g/mol. The van der Waals surface area contributed by atoms with E-state index in [4.69, 9.17) is 9.97 Å². The lowest BCUT2D eigenvalue weighted by atomic mass is 10.1. The van der Waals surface area contributed by atoms with Gasteiger partial charge < -0.3 is 10.4 Å². The van der Waals surface area contributed by atoms with Crippen molar-refractivity contribution in [2.45, 2.75) is 56.1 Å². The van der Waals surface area contributed by atoms with Crippen LogP contribution in [0.25, 0.3) is 0 Å². The molecule has 1 aromatic carbocycles. The molecule has 1 aromatic heterocycles. The standard InChI is InChI=1S/C19H20BrN3O/c20-18-15(10-5-6-10)22-19(16(21-18)11-7-8-11)23-17-13-4-2-1-3-12(13)9-14(17)24/h1-4,10-11,14,17,24H,5-9H2,(H,22,23)/t14-,17?/m0/s1. The fourth-order valence-electron chi connectivity index (χ4n) is 3.70. The van der Waals surface area contributed by atoms with Crippen molar-refractivity contribution in [3.05, 3.63) is 51.4 Å². The van der Waals surface area contributed by atoms with Gasteiger partial charge in [-0.2, -0.15) is 0 Å². The van der Waals surface area contributed by atoms with Gasteiger partial charge in [0.15, 0.2) is 0 Å². The maximum absolute atomic E-state index is 10.5. The fourth-order valence-corrected chi connectivity index (χ4v) is 4.30. The summed E-state index contributed by atoms with van der Waals surface area (Å²) in [6.07, 6.45) is 5.05. The second-order valence-electron chi connectivity index (χ2n) is 7.27. The van der Waals surface area contributed by atoms with E-state index in [-0.39, 0.29) is 6.04 Å². The number of aliphatic hydroxyl groups excluding tert-OH is 1. The van der Waals surface area contributed by atoms with Gasteiger partial charge in [0, 0.05) is 18.3 Å². The molecule has 0 aliphatic heterocycles. The van der Waals surface area contributed by atoms with E-state index in [0.29, 0.717) is 18.3 Å². The summed E-state index contributed by atoms with van der Waals surface area (Å²) in [5.41, 5.74) is 4.54. The molecule has 4 nitrogen and oxygen atoms in total. The number of anilines is 1. The number of rotatable bonds is 4. The molecule has 5 rings (SSSR count). The van der Waals surface area contributed by atoms with Gasteiger partial charge in [-0.1, -0.05) is 24.3 Å². The molecule has 0 radical (unpaired) electrons. The summed E-state index contributed by atoms with van der Waals surface area (Å²) in [6.45, 7) is 0. The van der Waals surface area contributed by atoms with Crippen molar-refractivity contribution >= 4 is 21.7 Å². The van der Waals surface area contributed by atoms with Crippen molar-refractivity contribution in [1.29, 1.82) is 0 Å². The smallest absolute Gasteiger partial charge is 0.149 e. The number of halogens is 1. The first-order chi connectivity index (χ1) is 11.7. The molecule has 0 spiro atoms. The van der Waals surface area contributed by atoms with Crippen molar-refractivity contribution in [2.24, 2.45) is 0 Å². The second kappa shape index (κ2) is 5.53. The second-order valence-corrected chi connectivity index (χ2v) is 8.03. The summed E-state index contributed by atoms with van der Waals surface area (Å²) in [5, 5.41) is 14.1. The lowest BCUT2D eigenvalue weighted by Gasteiger charge is -2.21. The zero-order chi connectivity index (χ0) is 16.3. The zero-order valence-electron chi connectivity index (χ0n) is 13.4. The van der Waals surface area contributed by atoms with E-state index < -0.39 is 6.10 Å². The monoisotopic (exact) mass is 385 g/mol. The number of aliphatic hydroxyl groups is 1. The first-order valence-electron chi connectivity index (χ1n) is 8.80. The van der Waals surface area contributed by atoms with Gasteiger partial charge in [-0.3, -0.25) is 0 Å². The Hall–Kier alpha value is -1.46. The molecule has 1 heterocycles. The highest BCUT2D eigenvalue weighted by atomic mass is 79.9. The highest BCUT2D eigenvalue weighted by Gasteiger charge is 2.36. The summed E-state index contributed by atoms with van der Waals surface area (Å²) in [6, 6.07) is 8.19. The first-order valence-corrected chi connectivity index (χ1v) is 9.59. The van der Waals surface area contributed by atoms with Crippen LogP contribution in [0.5, 0.6) is 0 Å². The van der Waals surface area contributed by atoms with Gasteiger partial charge in [-0.15, -0.1) is 0 Å². The first kappa shape index (κ1) is 14.8. The van der Waals surface area contributed by atoms with Crippen molar-refractivity contribution in [3.63, 3.8) is 0 Å². The van der Waals surface area contributed by atoms with Crippen LogP contribution >= 0.6 is 15.9 Å². The summed E-state index contributed by atoms with van der Waals surface area (Å²) < 4.78 is 0.907. The normalized spacial score (nSPS) is 25.6. The highest BCUT2D eigenvalue weighted by Crippen LogP contribution is 2.47. The quantitative estimate of drug-likeness (QED) is 0.832. The average Bonchev–Trinajstić information content (AvgIpc) is 3.46. The van der Waals surface area contributed by atoms with Crippen LogP contribution in [0, 0.1) is 0 Å². The van der Waals surface area contributed by atoms with Crippen LogP contribution in [0.4, 0.5) is 5.82 Å². The number of hydrogen-bond donors (Lipinski definition) is 2. The van der Waals surface area contributed by atoms with Crippen molar-refractivity contribution in [3.8, 4) is 0 Å². The van der Waals surface area contributed by atoms with Crippen LogP contribution in [-0.2, 0) is 6.42 Å². The molecule has 0 bridgehead atoms. The van der Waals surface area contributed by atoms with Crippen LogP contribution in [0.1, 0.15) is 66.1 Å². The number of benzene rings is 1. The zero-order valence-corrected chi connectivity index (χ0v) is 15.0. The summed E-state index contributed by atoms with van der Waals surface area (Å²) >= 11 is 3.62. The maximum Gasteiger partial charge on any atom is 0.149 e. The molecular formula is C19H20BrN3O. The number of fused-ring (bicyclic) bond motifs is 1. The molecule has 124 valence electrons. The van der Waals surface area contributed by atoms with Crippen molar-refractivity contribution in [1.82, 2.24) is 9.97 Å². The van der Waals surface area contributed by atoms with E-state index in [1.807, 2.05) is 12.1 Å². The van der Waals surface area contributed by atoms with Crippen LogP contribution < -0.4 is 5.32 Å². The Morgan fingerprint density at radius 1 is 1.00 bits per heavy atom. The molecular weight excluding hydrogens is 366 g/mol. The minimum atomic E-state index is -0.413. The molecule has 24 heavy (non-hydrogen) atoms. The third-order valence-electron chi connectivity index (χ3n) is 5.33. The molecule has 3 aliphatic rings. The summed E-state index contributed by atoms with van der Waals surface area (Å²) in [4.78, 5) is 9.76. The van der Waals surface area contributed by atoms with Gasteiger partial charge in [-0.05, 0) is 52.7 Å². The molecule has 1 unspecified atom stereocenters. The van der Waals surface area contributed by atoms with Crippen molar-refractivity contribution in [2.75, 3.05) is 5.32 Å². The number of nitrogens with zero attached hydrogens (tertiary/aromatic N) is 2. The Bertz CT molecular complexity index is 801. The van der Waals surface area contributed by atoms with Gasteiger partial charge in [0.2, 0.25) is 0 Å². The maximum atomic E-state index is 10.5. The molecule has 2 fully saturated rings. The van der Waals surface area contributed by atoms with Gasteiger partial charge in [0.05, 0.1) is 23.5 Å². The molecule has 0 saturated heterocycles. The van der Waals surface area contributed by atoms with Gasteiger partial charge >= 0.3 is 0 Å². The molecule has 2 aromatic rings. The van der Waals surface area contributed by atoms with E-state index in [2.05, 4.69) is 33.4 Å².